The van der Waals surface area contributed by atoms with Crippen molar-refractivity contribution in [3.8, 4) is 5.75 Å². The summed E-state index contributed by atoms with van der Waals surface area (Å²) in [6, 6.07) is 18.0. The lowest BCUT2D eigenvalue weighted by Crippen LogP contribution is -1.99. The molecule has 0 radical (unpaired) electrons. The minimum atomic E-state index is -1.90. The number of rotatable bonds is 5. The van der Waals surface area contributed by atoms with E-state index in [9.17, 15) is 0 Å². The lowest BCUT2D eigenvalue weighted by atomic mass is 10.1. The molecule has 0 fully saturated rings. The summed E-state index contributed by atoms with van der Waals surface area (Å²) in [7, 11) is -0.237. The van der Waals surface area contributed by atoms with Gasteiger partial charge in [-0.1, -0.05) is 24.3 Å². The Morgan fingerprint density at radius 2 is 1.77 bits per heavy atom. The van der Waals surface area contributed by atoms with Crippen LogP contribution >= 0.6 is 8.38 Å². The molecule has 132 valence electrons. The zero-order valence-corrected chi connectivity index (χ0v) is 15.2. The Morgan fingerprint density at radius 3 is 2.50 bits per heavy atom. The molecule has 2 heterocycles. The molecule has 0 spiro atoms. The number of benzene rings is 2. The van der Waals surface area contributed by atoms with Gasteiger partial charge in [-0.3, -0.25) is 4.98 Å². The number of hydrogen-bond donors (Lipinski definition) is 2. The summed E-state index contributed by atoms with van der Waals surface area (Å²) in [6.07, 6.45) is 2.11. The second kappa shape index (κ2) is 7.04. The predicted octanol–water partition coefficient (Wildman–Crippen LogP) is 4.04. The number of nitrogens with zero attached hydrogens (tertiary/aromatic N) is 2. The van der Waals surface area contributed by atoms with E-state index < -0.39 is 8.38 Å². The van der Waals surface area contributed by atoms with Crippen LogP contribution in [0.15, 0.2) is 60.8 Å². The van der Waals surface area contributed by atoms with Crippen molar-refractivity contribution >= 4 is 30.3 Å². The maximum atomic E-state index is 9.16. The molecule has 6 heteroatoms. The van der Waals surface area contributed by atoms with E-state index in [1.807, 2.05) is 48.7 Å². The van der Waals surface area contributed by atoms with Crippen molar-refractivity contribution < 1.29 is 14.5 Å². The van der Waals surface area contributed by atoms with Gasteiger partial charge in [0.1, 0.15) is 5.75 Å². The zero-order valence-electron chi connectivity index (χ0n) is 14.3. The average Bonchev–Trinajstić information content (AvgIpc) is 2.96. The van der Waals surface area contributed by atoms with Crippen LogP contribution in [0.25, 0.3) is 21.9 Å². The predicted molar refractivity (Wildman–Crippen MR) is 104 cm³/mol. The summed E-state index contributed by atoms with van der Waals surface area (Å²) in [5, 5.41) is 1.07. The molecule has 5 nitrogen and oxygen atoms in total. The second-order valence-electron chi connectivity index (χ2n) is 6.19. The molecule has 0 saturated heterocycles. The molecule has 4 aromatic rings. The topological polar surface area (TPSA) is 67.5 Å². The number of pyridine rings is 1. The standard InChI is InChI=1S/C20H19N2O3P/c1-25-16-8-9-18-17(11-16)20-19(3-2-10-21-20)22(18)12-14-4-6-15(7-5-14)13-26(23)24/h2-11,23-24H,12-13H2,1H3. The molecule has 2 N–H and O–H groups in total. The summed E-state index contributed by atoms with van der Waals surface area (Å²) in [6.45, 7) is 0.714. The van der Waals surface area contributed by atoms with E-state index in [2.05, 4.69) is 21.7 Å². The molecule has 0 aliphatic heterocycles. The van der Waals surface area contributed by atoms with E-state index in [1.54, 1.807) is 7.11 Å². The van der Waals surface area contributed by atoms with E-state index in [4.69, 9.17) is 14.5 Å². The molecule has 0 atom stereocenters. The SMILES string of the molecule is COc1ccc2c(c1)c1ncccc1n2Cc1ccc(CP(O)O)cc1. The second-order valence-corrected chi connectivity index (χ2v) is 7.25. The first-order valence-electron chi connectivity index (χ1n) is 8.30. The van der Waals surface area contributed by atoms with Crippen molar-refractivity contribution in [2.75, 3.05) is 7.11 Å². The Bertz CT molecular complexity index is 1060. The van der Waals surface area contributed by atoms with Gasteiger partial charge in [0, 0.05) is 24.3 Å². The van der Waals surface area contributed by atoms with Crippen LogP contribution in [0.3, 0.4) is 0 Å². The Balaban J connectivity index is 1.77. The fraction of sp³-hybridized carbons (Fsp3) is 0.150. The van der Waals surface area contributed by atoms with Crippen LogP contribution in [0.2, 0.25) is 0 Å². The van der Waals surface area contributed by atoms with Crippen molar-refractivity contribution in [1.82, 2.24) is 9.55 Å². The molecule has 4 rings (SSSR count). The quantitative estimate of drug-likeness (QED) is 0.523. The van der Waals surface area contributed by atoms with Gasteiger partial charge in [-0.2, -0.15) is 0 Å². The van der Waals surface area contributed by atoms with Gasteiger partial charge in [0.05, 0.1) is 23.7 Å². The van der Waals surface area contributed by atoms with E-state index in [0.29, 0.717) is 12.7 Å². The minimum absolute atomic E-state index is 0.300. The van der Waals surface area contributed by atoms with Crippen molar-refractivity contribution in [1.29, 1.82) is 0 Å². The first-order valence-corrected chi connectivity index (χ1v) is 9.73. The Morgan fingerprint density at radius 1 is 1.00 bits per heavy atom. The van der Waals surface area contributed by atoms with E-state index >= 15 is 0 Å². The number of fused-ring (bicyclic) bond motifs is 3. The highest BCUT2D eigenvalue weighted by Gasteiger charge is 2.12. The summed E-state index contributed by atoms with van der Waals surface area (Å²) >= 11 is 0. The molecular weight excluding hydrogens is 347 g/mol. The minimum Gasteiger partial charge on any atom is -0.497 e. The number of methoxy groups -OCH3 is 1. The van der Waals surface area contributed by atoms with Gasteiger partial charge in [0.2, 0.25) is 0 Å². The molecule has 0 aliphatic carbocycles. The lowest BCUT2D eigenvalue weighted by molar-refractivity contribution is 0.415. The van der Waals surface area contributed by atoms with Gasteiger partial charge in [-0.15, -0.1) is 0 Å². The molecule has 0 saturated carbocycles. The number of aromatic nitrogens is 2. The van der Waals surface area contributed by atoms with Gasteiger partial charge < -0.3 is 19.1 Å². The average molecular weight is 366 g/mol. The van der Waals surface area contributed by atoms with Crippen LogP contribution in [-0.2, 0) is 12.7 Å². The summed E-state index contributed by atoms with van der Waals surface area (Å²) in [5.41, 5.74) is 5.22. The monoisotopic (exact) mass is 366 g/mol. The zero-order chi connectivity index (χ0) is 18.1. The fourth-order valence-electron chi connectivity index (χ4n) is 3.29. The first-order chi connectivity index (χ1) is 12.7. The van der Waals surface area contributed by atoms with E-state index in [0.717, 1.165) is 38.8 Å². The van der Waals surface area contributed by atoms with Crippen molar-refractivity contribution in [2.45, 2.75) is 12.7 Å². The molecule has 0 amide bonds. The van der Waals surface area contributed by atoms with Gasteiger partial charge in [-0.05, 0) is 41.5 Å². The van der Waals surface area contributed by atoms with Crippen LogP contribution in [0.1, 0.15) is 11.1 Å². The van der Waals surface area contributed by atoms with Crippen LogP contribution in [0.4, 0.5) is 0 Å². The maximum Gasteiger partial charge on any atom is 0.169 e. The molecule has 0 bridgehead atoms. The van der Waals surface area contributed by atoms with E-state index in [1.165, 1.54) is 0 Å². The third kappa shape index (κ3) is 3.17. The number of ether oxygens (including phenoxy) is 1. The van der Waals surface area contributed by atoms with E-state index in [-0.39, 0.29) is 0 Å². The lowest BCUT2D eigenvalue weighted by Gasteiger charge is -2.09. The third-order valence-corrected chi connectivity index (χ3v) is 5.16. The van der Waals surface area contributed by atoms with Gasteiger partial charge in [-0.25, -0.2) is 0 Å². The summed E-state index contributed by atoms with van der Waals surface area (Å²) < 4.78 is 7.61. The summed E-state index contributed by atoms with van der Waals surface area (Å²) in [5.74, 6) is 0.816. The fourth-order valence-corrected chi connectivity index (χ4v) is 3.82. The van der Waals surface area contributed by atoms with Crippen LogP contribution in [-0.4, -0.2) is 26.4 Å². The smallest absolute Gasteiger partial charge is 0.169 e. The van der Waals surface area contributed by atoms with Crippen molar-refractivity contribution in [3.05, 3.63) is 71.9 Å². The van der Waals surface area contributed by atoms with Crippen LogP contribution in [0.5, 0.6) is 5.75 Å². The number of hydrogen-bond acceptors (Lipinski definition) is 4. The highest BCUT2D eigenvalue weighted by molar-refractivity contribution is 7.44. The molecule has 0 aliphatic rings. The van der Waals surface area contributed by atoms with Crippen molar-refractivity contribution in [2.24, 2.45) is 0 Å². The van der Waals surface area contributed by atoms with Crippen LogP contribution in [0, 0.1) is 0 Å². The Labute approximate surface area is 152 Å². The van der Waals surface area contributed by atoms with Crippen LogP contribution < -0.4 is 4.74 Å². The van der Waals surface area contributed by atoms with Gasteiger partial charge in [0.15, 0.2) is 8.38 Å². The Hall–Kier alpha value is -2.46. The molecule has 2 aromatic carbocycles. The van der Waals surface area contributed by atoms with Crippen molar-refractivity contribution in [3.63, 3.8) is 0 Å². The largest absolute Gasteiger partial charge is 0.497 e. The first kappa shape index (κ1) is 17.0. The summed E-state index contributed by atoms with van der Waals surface area (Å²) in [4.78, 5) is 22.9. The molecule has 26 heavy (non-hydrogen) atoms. The molecule has 2 aromatic heterocycles. The molecule has 0 unspecified atom stereocenters. The molecular formula is C20H19N2O3P. The maximum absolute atomic E-state index is 9.16. The normalized spacial score (nSPS) is 11.5. The highest BCUT2D eigenvalue weighted by atomic mass is 31.2. The third-order valence-electron chi connectivity index (χ3n) is 4.51. The Kier molecular flexibility index (Phi) is 4.60. The van der Waals surface area contributed by atoms with Gasteiger partial charge >= 0.3 is 0 Å². The highest BCUT2D eigenvalue weighted by Crippen LogP contribution is 2.32. The van der Waals surface area contributed by atoms with Gasteiger partial charge in [0.25, 0.3) is 0 Å².